The van der Waals surface area contributed by atoms with Crippen LogP contribution in [0.25, 0.3) is 11.1 Å². The topological polar surface area (TPSA) is 54.2 Å². The van der Waals surface area contributed by atoms with Crippen LogP contribution in [-0.2, 0) is 13.6 Å². The first kappa shape index (κ1) is 13.7. The molecule has 1 heterocycles. The van der Waals surface area contributed by atoms with Crippen LogP contribution < -0.4 is 10.6 Å². The Morgan fingerprint density at radius 2 is 2.24 bits per heavy atom. The molecule has 1 aliphatic rings. The maximum absolute atomic E-state index is 4.25. The fourth-order valence-corrected chi connectivity index (χ4v) is 2.23. The van der Waals surface area contributed by atoms with Gasteiger partial charge in [-0.1, -0.05) is 18.2 Å². The Kier molecular flexibility index (Phi) is 3.90. The summed E-state index contributed by atoms with van der Waals surface area (Å²) in [5.41, 5.74) is 3.56. The third-order valence-electron chi connectivity index (χ3n) is 3.57. The van der Waals surface area contributed by atoms with Crippen LogP contribution in [0.2, 0.25) is 0 Å². The third-order valence-corrected chi connectivity index (χ3v) is 3.57. The molecule has 1 fully saturated rings. The molecule has 110 valence electrons. The van der Waals surface area contributed by atoms with Gasteiger partial charge in [0.1, 0.15) is 0 Å². The van der Waals surface area contributed by atoms with E-state index in [9.17, 15) is 0 Å². The number of nitrogens with one attached hydrogen (secondary N) is 2. The Bertz CT molecular complexity index is 640. The Hall–Kier alpha value is -2.30. The molecule has 1 aromatic heterocycles. The number of hydrogen-bond donors (Lipinski definition) is 2. The molecule has 0 amide bonds. The molecule has 0 spiro atoms. The number of nitrogens with zero attached hydrogens (tertiary/aromatic N) is 3. The predicted octanol–water partition coefficient (Wildman–Crippen LogP) is 1.91. The Morgan fingerprint density at radius 3 is 2.90 bits per heavy atom. The summed E-state index contributed by atoms with van der Waals surface area (Å²) in [6.07, 6.45) is 6.41. The number of hydrogen-bond acceptors (Lipinski definition) is 2. The number of aliphatic imine (C=N–C) groups is 1. The van der Waals surface area contributed by atoms with Crippen LogP contribution in [0.3, 0.4) is 0 Å². The Labute approximate surface area is 125 Å². The van der Waals surface area contributed by atoms with E-state index in [1.165, 1.54) is 24.0 Å². The monoisotopic (exact) mass is 283 g/mol. The molecule has 1 saturated carbocycles. The fourth-order valence-electron chi connectivity index (χ4n) is 2.23. The minimum absolute atomic E-state index is 0.609. The molecule has 21 heavy (non-hydrogen) atoms. The van der Waals surface area contributed by atoms with E-state index in [0.717, 1.165) is 18.1 Å². The summed E-state index contributed by atoms with van der Waals surface area (Å²) >= 11 is 0. The van der Waals surface area contributed by atoms with Crippen molar-refractivity contribution in [2.75, 3.05) is 7.05 Å². The molecule has 0 saturated heterocycles. The van der Waals surface area contributed by atoms with E-state index in [4.69, 9.17) is 0 Å². The predicted molar refractivity (Wildman–Crippen MR) is 85.0 cm³/mol. The summed E-state index contributed by atoms with van der Waals surface area (Å²) < 4.78 is 1.82. The molecule has 5 nitrogen and oxygen atoms in total. The van der Waals surface area contributed by atoms with Crippen molar-refractivity contribution in [1.29, 1.82) is 0 Å². The molecule has 5 heteroatoms. The highest BCUT2D eigenvalue weighted by molar-refractivity contribution is 5.80. The quantitative estimate of drug-likeness (QED) is 0.666. The van der Waals surface area contributed by atoms with Crippen molar-refractivity contribution in [2.45, 2.75) is 25.4 Å². The highest BCUT2D eigenvalue weighted by Gasteiger charge is 2.21. The standard InChI is InChI=1S/C16H21N5/c1-17-16(20-15-6-7-15)18-9-12-4-3-5-13(8-12)14-10-19-21(2)11-14/h3-5,8,10-11,15H,6-7,9H2,1-2H3,(H2,17,18,20). The van der Waals surface area contributed by atoms with E-state index in [-0.39, 0.29) is 0 Å². The van der Waals surface area contributed by atoms with Gasteiger partial charge in [0.2, 0.25) is 0 Å². The van der Waals surface area contributed by atoms with E-state index >= 15 is 0 Å². The second-order valence-corrected chi connectivity index (χ2v) is 5.45. The van der Waals surface area contributed by atoms with Gasteiger partial charge in [-0.05, 0) is 30.0 Å². The lowest BCUT2D eigenvalue weighted by Gasteiger charge is -2.11. The minimum Gasteiger partial charge on any atom is -0.354 e. The summed E-state index contributed by atoms with van der Waals surface area (Å²) in [6.45, 7) is 0.764. The van der Waals surface area contributed by atoms with Gasteiger partial charge in [0.15, 0.2) is 5.96 Å². The average molecular weight is 283 g/mol. The smallest absolute Gasteiger partial charge is 0.191 e. The van der Waals surface area contributed by atoms with Gasteiger partial charge < -0.3 is 10.6 Å². The maximum atomic E-state index is 4.25. The molecule has 0 bridgehead atoms. The van der Waals surface area contributed by atoms with Gasteiger partial charge in [0, 0.05) is 38.4 Å². The van der Waals surface area contributed by atoms with E-state index < -0.39 is 0 Å². The summed E-state index contributed by atoms with van der Waals surface area (Å²) in [5.74, 6) is 0.879. The average Bonchev–Trinajstić information content (AvgIpc) is 3.22. The van der Waals surface area contributed by atoms with Crippen LogP contribution >= 0.6 is 0 Å². The summed E-state index contributed by atoms with van der Waals surface area (Å²) in [7, 11) is 3.74. The summed E-state index contributed by atoms with van der Waals surface area (Å²) in [5, 5.41) is 11.0. The fraction of sp³-hybridized carbons (Fsp3) is 0.375. The molecular formula is C16H21N5. The Morgan fingerprint density at radius 1 is 1.38 bits per heavy atom. The number of benzene rings is 1. The molecule has 1 aliphatic carbocycles. The van der Waals surface area contributed by atoms with Crippen molar-refractivity contribution in [3.05, 3.63) is 42.2 Å². The van der Waals surface area contributed by atoms with Crippen molar-refractivity contribution >= 4 is 5.96 Å². The molecule has 0 aliphatic heterocycles. The minimum atomic E-state index is 0.609. The van der Waals surface area contributed by atoms with Crippen LogP contribution in [-0.4, -0.2) is 28.8 Å². The van der Waals surface area contributed by atoms with Crippen molar-refractivity contribution in [3.8, 4) is 11.1 Å². The number of aryl methyl sites for hydroxylation is 1. The number of guanidine groups is 1. The zero-order valence-electron chi connectivity index (χ0n) is 12.5. The van der Waals surface area contributed by atoms with Gasteiger partial charge in [-0.3, -0.25) is 9.67 Å². The first-order valence-corrected chi connectivity index (χ1v) is 7.30. The van der Waals surface area contributed by atoms with Gasteiger partial charge in [0.25, 0.3) is 0 Å². The van der Waals surface area contributed by atoms with Crippen molar-refractivity contribution in [2.24, 2.45) is 12.0 Å². The van der Waals surface area contributed by atoms with Gasteiger partial charge in [-0.25, -0.2) is 0 Å². The van der Waals surface area contributed by atoms with Gasteiger partial charge in [-0.2, -0.15) is 5.10 Å². The van der Waals surface area contributed by atoms with Crippen molar-refractivity contribution < 1.29 is 0 Å². The molecule has 0 radical (unpaired) electrons. The lowest BCUT2D eigenvalue weighted by molar-refractivity contribution is 0.768. The van der Waals surface area contributed by atoms with Crippen molar-refractivity contribution in [1.82, 2.24) is 20.4 Å². The molecule has 2 N–H and O–H groups in total. The normalized spacial score (nSPS) is 15.0. The SMILES string of the molecule is CN=C(NCc1cccc(-c2cnn(C)c2)c1)NC1CC1. The molecule has 3 rings (SSSR count). The largest absolute Gasteiger partial charge is 0.354 e. The second-order valence-electron chi connectivity index (χ2n) is 5.45. The summed E-state index contributed by atoms with van der Waals surface area (Å²) in [6, 6.07) is 9.11. The van der Waals surface area contributed by atoms with E-state index in [1.54, 1.807) is 0 Å². The first-order valence-electron chi connectivity index (χ1n) is 7.30. The van der Waals surface area contributed by atoms with Crippen LogP contribution in [0.4, 0.5) is 0 Å². The zero-order chi connectivity index (χ0) is 14.7. The van der Waals surface area contributed by atoms with Crippen LogP contribution in [0.5, 0.6) is 0 Å². The van der Waals surface area contributed by atoms with E-state index in [1.807, 2.05) is 31.2 Å². The van der Waals surface area contributed by atoms with Crippen molar-refractivity contribution in [3.63, 3.8) is 0 Å². The maximum Gasteiger partial charge on any atom is 0.191 e. The second kappa shape index (κ2) is 5.99. The highest BCUT2D eigenvalue weighted by Crippen LogP contribution is 2.20. The van der Waals surface area contributed by atoms with Gasteiger partial charge >= 0.3 is 0 Å². The van der Waals surface area contributed by atoms with E-state index in [0.29, 0.717) is 6.04 Å². The first-order chi connectivity index (χ1) is 10.2. The van der Waals surface area contributed by atoms with E-state index in [2.05, 4.69) is 45.0 Å². The lowest BCUT2D eigenvalue weighted by atomic mass is 10.1. The third kappa shape index (κ3) is 3.62. The van der Waals surface area contributed by atoms with Crippen LogP contribution in [0.1, 0.15) is 18.4 Å². The van der Waals surface area contributed by atoms with Gasteiger partial charge in [0.05, 0.1) is 6.20 Å². The number of aromatic nitrogens is 2. The molecule has 1 aromatic carbocycles. The highest BCUT2D eigenvalue weighted by atomic mass is 15.2. The molecule has 2 aromatic rings. The Balaban J connectivity index is 1.65. The number of rotatable bonds is 4. The van der Waals surface area contributed by atoms with Gasteiger partial charge in [-0.15, -0.1) is 0 Å². The van der Waals surface area contributed by atoms with Crippen LogP contribution in [0, 0.1) is 0 Å². The zero-order valence-corrected chi connectivity index (χ0v) is 12.5. The summed E-state index contributed by atoms with van der Waals surface area (Å²) in [4.78, 5) is 4.25. The van der Waals surface area contributed by atoms with Crippen LogP contribution in [0.15, 0.2) is 41.7 Å². The molecular weight excluding hydrogens is 262 g/mol. The molecule has 0 atom stereocenters. The lowest BCUT2D eigenvalue weighted by Crippen LogP contribution is -2.38. The molecule has 0 unspecified atom stereocenters.